The lowest BCUT2D eigenvalue weighted by Gasteiger charge is -2.46. The van der Waals surface area contributed by atoms with Gasteiger partial charge in [-0.25, -0.2) is 0 Å². The molecule has 3 unspecified atom stereocenters. The molecule has 1 saturated carbocycles. The van der Waals surface area contributed by atoms with Crippen molar-refractivity contribution in [1.29, 1.82) is 0 Å². The van der Waals surface area contributed by atoms with Gasteiger partial charge in [0.2, 0.25) is 0 Å². The third-order valence-electron chi connectivity index (χ3n) is 3.95. The van der Waals surface area contributed by atoms with Crippen molar-refractivity contribution in [3.8, 4) is 0 Å². The fraction of sp³-hybridized carbons (Fsp3) is 0.929. The molecule has 0 bridgehead atoms. The lowest BCUT2D eigenvalue weighted by molar-refractivity contribution is -0.141. The van der Waals surface area contributed by atoms with Gasteiger partial charge < -0.3 is 5.11 Å². The van der Waals surface area contributed by atoms with Crippen molar-refractivity contribution < 1.29 is 9.90 Å². The molecule has 0 aliphatic heterocycles. The van der Waals surface area contributed by atoms with E-state index in [-0.39, 0.29) is 12.1 Å². The van der Waals surface area contributed by atoms with Gasteiger partial charge in [0, 0.05) is 11.6 Å². The van der Waals surface area contributed by atoms with Gasteiger partial charge in [-0.2, -0.15) is 0 Å². The Morgan fingerprint density at radius 2 is 1.88 bits per heavy atom. The molecule has 3 heteroatoms. The van der Waals surface area contributed by atoms with Crippen LogP contribution >= 0.6 is 0 Å². The number of hydrogen-bond acceptors (Lipinski definition) is 2. The maximum atomic E-state index is 11.0. The van der Waals surface area contributed by atoms with Crippen LogP contribution in [0.3, 0.4) is 0 Å². The molecule has 0 heterocycles. The molecule has 3 nitrogen and oxygen atoms in total. The van der Waals surface area contributed by atoms with E-state index in [0.29, 0.717) is 12.0 Å². The average molecular weight is 241 g/mol. The number of carboxylic acids is 1. The Kier molecular flexibility index (Phi) is 4.59. The molecular formula is C14H27NO2. The van der Waals surface area contributed by atoms with Crippen LogP contribution in [0.2, 0.25) is 0 Å². The van der Waals surface area contributed by atoms with Crippen LogP contribution in [0.1, 0.15) is 53.9 Å². The predicted molar refractivity (Wildman–Crippen MR) is 70.1 cm³/mol. The first-order chi connectivity index (χ1) is 7.71. The van der Waals surface area contributed by atoms with Gasteiger partial charge in [-0.1, -0.05) is 13.8 Å². The van der Waals surface area contributed by atoms with E-state index < -0.39 is 5.97 Å². The third-order valence-corrected chi connectivity index (χ3v) is 3.95. The van der Waals surface area contributed by atoms with Gasteiger partial charge in [-0.15, -0.1) is 0 Å². The molecule has 1 N–H and O–H groups in total. The van der Waals surface area contributed by atoms with Gasteiger partial charge >= 0.3 is 5.97 Å². The largest absolute Gasteiger partial charge is 0.480 e. The first-order valence-electron chi connectivity index (χ1n) is 6.70. The lowest BCUT2D eigenvalue weighted by Crippen LogP contribution is -2.54. The van der Waals surface area contributed by atoms with Crippen LogP contribution in [0, 0.1) is 11.8 Å². The normalized spacial score (nSPS) is 30.6. The molecule has 0 spiro atoms. The Balaban J connectivity index is 2.79. The fourth-order valence-corrected chi connectivity index (χ4v) is 3.11. The zero-order valence-electron chi connectivity index (χ0n) is 11.9. The Hall–Kier alpha value is -0.570. The molecule has 3 atom stereocenters. The van der Waals surface area contributed by atoms with E-state index in [0.717, 1.165) is 12.3 Å². The molecule has 1 rings (SSSR count). The number of carbonyl (C=O) groups is 1. The highest BCUT2D eigenvalue weighted by molar-refractivity contribution is 5.69. The molecule has 1 aliphatic rings. The van der Waals surface area contributed by atoms with E-state index in [9.17, 15) is 4.79 Å². The van der Waals surface area contributed by atoms with Crippen LogP contribution in [0.4, 0.5) is 0 Å². The Morgan fingerprint density at radius 1 is 1.29 bits per heavy atom. The van der Waals surface area contributed by atoms with E-state index in [1.165, 1.54) is 12.8 Å². The van der Waals surface area contributed by atoms with Gasteiger partial charge in [0.1, 0.15) is 0 Å². The summed E-state index contributed by atoms with van der Waals surface area (Å²) >= 11 is 0. The van der Waals surface area contributed by atoms with Gasteiger partial charge in [-0.05, 0) is 51.9 Å². The van der Waals surface area contributed by atoms with Crippen molar-refractivity contribution in [2.45, 2.75) is 65.5 Å². The summed E-state index contributed by atoms with van der Waals surface area (Å²) in [6.45, 7) is 11.1. The fourth-order valence-electron chi connectivity index (χ4n) is 3.11. The minimum Gasteiger partial charge on any atom is -0.480 e. The van der Waals surface area contributed by atoms with Crippen LogP contribution in [0.5, 0.6) is 0 Å². The summed E-state index contributed by atoms with van der Waals surface area (Å²) in [5, 5.41) is 9.07. The summed E-state index contributed by atoms with van der Waals surface area (Å²) in [7, 11) is 0. The molecule has 0 aromatic carbocycles. The molecule has 0 radical (unpaired) electrons. The topological polar surface area (TPSA) is 40.5 Å². The van der Waals surface area contributed by atoms with Gasteiger partial charge in [0.15, 0.2) is 0 Å². The van der Waals surface area contributed by atoms with Gasteiger partial charge in [-0.3, -0.25) is 9.69 Å². The van der Waals surface area contributed by atoms with Crippen LogP contribution in [0.25, 0.3) is 0 Å². The second kappa shape index (κ2) is 5.38. The van der Waals surface area contributed by atoms with Gasteiger partial charge in [0.25, 0.3) is 0 Å². The zero-order valence-corrected chi connectivity index (χ0v) is 11.9. The lowest BCUT2D eigenvalue weighted by atomic mass is 9.78. The van der Waals surface area contributed by atoms with Crippen LogP contribution < -0.4 is 0 Å². The van der Waals surface area contributed by atoms with Crippen molar-refractivity contribution in [3.05, 3.63) is 0 Å². The molecular weight excluding hydrogens is 214 g/mol. The second-order valence-electron chi connectivity index (χ2n) is 6.66. The minimum absolute atomic E-state index is 0.0715. The Bertz CT molecular complexity index is 270. The second-order valence-corrected chi connectivity index (χ2v) is 6.66. The average Bonchev–Trinajstić information content (AvgIpc) is 2.13. The summed E-state index contributed by atoms with van der Waals surface area (Å²) in [6, 6.07) is 0.419. The number of hydrogen-bond donors (Lipinski definition) is 1. The molecule has 1 aliphatic carbocycles. The number of aliphatic carboxylic acids is 1. The van der Waals surface area contributed by atoms with Crippen molar-refractivity contribution in [2.75, 3.05) is 6.54 Å². The van der Waals surface area contributed by atoms with Crippen molar-refractivity contribution in [1.82, 2.24) is 4.90 Å². The first-order valence-corrected chi connectivity index (χ1v) is 6.70. The first kappa shape index (κ1) is 14.5. The molecule has 1 fully saturated rings. The van der Waals surface area contributed by atoms with Gasteiger partial charge in [0.05, 0.1) is 6.54 Å². The maximum Gasteiger partial charge on any atom is 0.317 e. The molecule has 100 valence electrons. The summed E-state index contributed by atoms with van der Waals surface area (Å²) in [5.74, 6) is 0.663. The number of nitrogens with zero attached hydrogens (tertiary/aromatic N) is 1. The van der Waals surface area contributed by atoms with Crippen LogP contribution in [0.15, 0.2) is 0 Å². The molecule has 0 aromatic heterocycles. The predicted octanol–water partition coefficient (Wildman–Crippen LogP) is 3.00. The highest BCUT2D eigenvalue weighted by Crippen LogP contribution is 2.34. The molecule has 0 amide bonds. The van der Waals surface area contributed by atoms with Crippen LogP contribution in [-0.4, -0.2) is 34.1 Å². The number of carboxylic acid groups (broad SMARTS) is 1. The van der Waals surface area contributed by atoms with Crippen LogP contribution in [-0.2, 0) is 4.79 Å². The van der Waals surface area contributed by atoms with E-state index in [1.807, 2.05) is 0 Å². The summed E-state index contributed by atoms with van der Waals surface area (Å²) in [6.07, 6.45) is 3.57. The third kappa shape index (κ3) is 3.98. The van der Waals surface area contributed by atoms with E-state index in [2.05, 4.69) is 39.5 Å². The maximum absolute atomic E-state index is 11.0. The Labute approximate surface area is 105 Å². The monoisotopic (exact) mass is 241 g/mol. The highest BCUT2D eigenvalue weighted by atomic mass is 16.4. The summed E-state index contributed by atoms with van der Waals surface area (Å²) < 4.78 is 0. The minimum atomic E-state index is -0.717. The smallest absolute Gasteiger partial charge is 0.317 e. The zero-order chi connectivity index (χ0) is 13.2. The molecule has 0 saturated heterocycles. The van der Waals surface area contributed by atoms with E-state index in [4.69, 9.17) is 5.11 Å². The molecule has 0 aromatic rings. The summed E-state index contributed by atoms with van der Waals surface area (Å²) in [4.78, 5) is 13.2. The Morgan fingerprint density at radius 3 is 2.29 bits per heavy atom. The van der Waals surface area contributed by atoms with E-state index >= 15 is 0 Å². The number of rotatable bonds is 3. The van der Waals surface area contributed by atoms with E-state index in [1.54, 1.807) is 0 Å². The van der Waals surface area contributed by atoms with Crippen molar-refractivity contribution in [3.63, 3.8) is 0 Å². The van der Waals surface area contributed by atoms with Crippen molar-refractivity contribution in [2.24, 2.45) is 11.8 Å². The SMILES string of the molecule is CC1CCC(N(CC(=O)O)C(C)(C)C)C(C)C1. The highest BCUT2D eigenvalue weighted by Gasteiger charge is 2.36. The standard InChI is InChI=1S/C14H27NO2/c1-10-6-7-12(11(2)8-10)15(9-13(16)17)14(3,4)5/h10-12H,6-9H2,1-5H3,(H,16,17). The van der Waals surface area contributed by atoms with Crippen molar-refractivity contribution >= 4 is 5.97 Å². The summed E-state index contributed by atoms with van der Waals surface area (Å²) in [5.41, 5.74) is -0.0715. The quantitative estimate of drug-likeness (QED) is 0.825. The molecule has 17 heavy (non-hydrogen) atoms.